The molecule has 0 saturated heterocycles. The van der Waals surface area contributed by atoms with Crippen LogP contribution >= 0.6 is 0 Å². The topological polar surface area (TPSA) is 29.5 Å². The molecule has 11 heavy (non-hydrogen) atoms. The first kappa shape index (κ1) is 8.14. The van der Waals surface area contributed by atoms with Crippen LogP contribution in [0.1, 0.15) is 0 Å². The summed E-state index contributed by atoms with van der Waals surface area (Å²) in [6.45, 7) is 0.525. The molecule has 3 heteroatoms. The minimum absolute atomic E-state index is 0.296. The number of hydrogen-bond acceptors (Lipinski definition) is 2. The van der Waals surface area contributed by atoms with Crippen molar-refractivity contribution < 1.29 is 9.84 Å². The summed E-state index contributed by atoms with van der Waals surface area (Å²) in [5.74, 6) is 0.296. The predicted octanol–water partition coefficient (Wildman–Crippen LogP) is 0.326. The molecule has 0 spiro atoms. The Labute approximate surface area is 67.1 Å². The Balaban J connectivity index is 2.62. The maximum atomic E-state index is 9.25. The molecule has 1 N–H and O–H groups in total. The number of hydrogen-bond donors (Lipinski definition) is 1. The molecule has 0 fully saturated rings. The molecule has 0 aliphatic rings. The summed E-state index contributed by atoms with van der Waals surface area (Å²) >= 11 is 0. The van der Waals surface area contributed by atoms with E-state index in [0.29, 0.717) is 12.3 Å². The zero-order chi connectivity index (χ0) is 8.10. The summed E-state index contributed by atoms with van der Waals surface area (Å²) in [7, 11) is 3.45. The molecular weight excluding hydrogens is 139 g/mol. The molecule has 1 rings (SSSR count). The van der Waals surface area contributed by atoms with Gasteiger partial charge in [0, 0.05) is 13.6 Å². The van der Waals surface area contributed by atoms with E-state index in [1.165, 1.54) is 0 Å². The van der Waals surface area contributed by atoms with Gasteiger partial charge >= 0.3 is 0 Å². The lowest BCUT2D eigenvalue weighted by molar-refractivity contribution is 0.252. The first-order valence-electron chi connectivity index (χ1n) is 3.44. The van der Waals surface area contributed by atoms with Gasteiger partial charge in [0.2, 0.25) is 0 Å². The van der Waals surface area contributed by atoms with E-state index in [9.17, 15) is 5.11 Å². The minimum atomic E-state index is 0.296. The Hall–Kier alpha value is -0.955. The van der Waals surface area contributed by atoms with Crippen molar-refractivity contribution in [3.05, 3.63) is 24.3 Å². The third kappa shape index (κ3) is 2.28. The number of phenolic OH excluding ortho intramolecular Hbond substituents is 1. The molecule has 0 aromatic heterocycles. The summed E-state index contributed by atoms with van der Waals surface area (Å²) < 4.78 is 4.83. The van der Waals surface area contributed by atoms with Gasteiger partial charge in [-0.1, -0.05) is 18.2 Å². The Kier molecular flexibility index (Phi) is 2.99. The first-order chi connectivity index (χ1) is 5.34. The summed E-state index contributed by atoms with van der Waals surface area (Å²) in [5, 5.41) is 9.25. The smallest absolute Gasteiger partial charge is 0.190 e. The fraction of sp³-hybridized carbons (Fsp3) is 0.250. The van der Waals surface area contributed by atoms with E-state index < -0.39 is 0 Å². The third-order valence-corrected chi connectivity index (χ3v) is 1.41. The lowest BCUT2D eigenvalue weighted by atomic mass is 9.71. The number of benzene rings is 1. The average molecular weight is 149 g/mol. The van der Waals surface area contributed by atoms with Crippen LogP contribution in [0.25, 0.3) is 0 Å². The fourth-order valence-electron chi connectivity index (χ4n) is 0.833. The normalized spacial score (nSPS) is 9.55. The van der Waals surface area contributed by atoms with E-state index in [1.807, 2.05) is 19.4 Å². The molecule has 1 aromatic carbocycles. The third-order valence-electron chi connectivity index (χ3n) is 1.41. The van der Waals surface area contributed by atoms with Gasteiger partial charge in [-0.3, -0.25) is 0 Å². The van der Waals surface area contributed by atoms with Crippen molar-refractivity contribution >= 4 is 12.7 Å². The van der Waals surface area contributed by atoms with Gasteiger partial charge in [-0.25, -0.2) is 0 Å². The lowest BCUT2D eigenvalue weighted by Gasteiger charge is -2.00. The minimum Gasteiger partial charge on any atom is -0.509 e. The summed E-state index contributed by atoms with van der Waals surface area (Å²) in [6, 6.07) is 7.16. The molecule has 57 valence electrons. The molecule has 0 aliphatic heterocycles. The highest BCUT2D eigenvalue weighted by Gasteiger charge is 1.99. The van der Waals surface area contributed by atoms with Crippen LogP contribution in [0.4, 0.5) is 0 Å². The molecule has 0 unspecified atom stereocenters. The number of aromatic hydroxyl groups is 1. The van der Waals surface area contributed by atoms with Gasteiger partial charge in [0.15, 0.2) is 7.28 Å². The van der Waals surface area contributed by atoms with Crippen molar-refractivity contribution in [3.63, 3.8) is 0 Å². The van der Waals surface area contributed by atoms with Gasteiger partial charge in [-0.2, -0.15) is 0 Å². The van der Waals surface area contributed by atoms with Gasteiger partial charge in [-0.05, 0) is 11.5 Å². The summed E-state index contributed by atoms with van der Waals surface area (Å²) in [5.41, 5.74) is 0.814. The highest BCUT2D eigenvalue weighted by molar-refractivity contribution is 6.54. The number of phenols is 1. The Bertz CT molecular complexity index is 225. The quantitative estimate of drug-likeness (QED) is 0.627. The lowest BCUT2D eigenvalue weighted by Crippen LogP contribution is -2.18. The van der Waals surface area contributed by atoms with E-state index in [2.05, 4.69) is 0 Å². The van der Waals surface area contributed by atoms with Crippen LogP contribution in [-0.4, -0.2) is 26.0 Å². The Morgan fingerprint density at radius 3 is 2.82 bits per heavy atom. The van der Waals surface area contributed by atoms with Crippen LogP contribution in [0.2, 0.25) is 0 Å². The molecule has 0 aliphatic carbocycles. The van der Waals surface area contributed by atoms with E-state index in [4.69, 9.17) is 4.74 Å². The molecule has 1 aromatic rings. The van der Waals surface area contributed by atoms with Gasteiger partial charge in [0.05, 0.1) is 0 Å². The highest BCUT2D eigenvalue weighted by Crippen LogP contribution is 2.01. The molecule has 1 radical (unpaired) electrons. The van der Waals surface area contributed by atoms with Crippen molar-refractivity contribution in [2.45, 2.75) is 0 Å². The fourth-order valence-corrected chi connectivity index (χ4v) is 0.833. The van der Waals surface area contributed by atoms with Crippen molar-refractivity contribution in [2.75, 3.05) is 13.6 Å². The number of para-hydroxylation sites is 1. The number of methoxy groups -OCH3 is 1. The Morgan fingerprint density at radius 1 is 1.45 bits per heavy atom. The van der Waals surface area contributed by atoms with E-state index in [-0.39, 0.29) is 0 Å². The first-order valence-corrected chi connectivity index (χ1v) is 3.44. The second-order valence-electron chi connectivity index (χ2n) is 2.22. The van der Waals surface area contributed by atoms with Crippen LogP contribution in [0, 0.1) is 0 Å². The summed E-state index contributed by atoms with van der Waals surface area (Å²) in [6.07, 6.45) is 0. The predicted molar refractivity (Wildman–Crippen MR) is 45.4 cm³/mol. The maximum Gasteiger partial charge on any atom is 0.190 e. The van der Waals surface area contributed by atoms with E-state index in [0.717, 1.165) is 5.46 Å². The highest BCUT2D eigenvalue weighted by atomic mass is 16.5. The molecular formula is C8H10BO2. The molecule has 0 atom stereocenters. The number of ether oxygens (including phenoxy) is 1. The molecule has 0 bridgehead atoms. The molecule has 0 saturated carbocycles. The van der Waals surface area contributed by atoms with Crippen molar-refractivity contribution in [1.82, 2.24) is 0 Å². The van der Waals surface area contributed by atoms with Crippen LogP contribution in [0.3, 0.4) is 0 Å². The molecule has 0 amide bonds. The average Bonchev–Trinajstić information content (AvgIpc) is 2.03. The van der Waals surface area contributed by atoms with Gasteiger partial charge in [0.1, 0.15) is 5.75 Å². The second kappa shape index (κ2) is 4.03. The zero-order valence-electron chi connectivity index (χ0n) is 6.45. The van der Waals surface area contributed by atoms with Crippen molar-refractivity contribution in [3.8, 4) is 5.75 Å². The zero-order valence-corrected chi connectivity index (χ0v) is 6.45. The van der Waals surface area contributed by atoms with E-state index >= 15 is 0 Å². The summed E-state index contributed by atoms with van der Waals surface area (Å²) in [4.78, 5) is 0. The standard InChI is InChI=1S/C8H10BO2/c1-11-6-9-7-4-2-3-5-8(7)10/h2-5,10H,6H2,1H3. The monoisotopic (exact) mass is 149 g/mol. The van der Waals surface area contributed by atoms with Crippen LogP contribution in [-0.2, 0) is 4.74 Å². The molecule has 0 heterocycles. The van der Waals surface area contributed by atoms with E-state index in [1.54, 1.807) is 19.2 Å². The maximum absolute atomic E-state index is 9.25. The SMILES string of the molecule is COC[B]c1ccccc1O. The largest absolute Gasteiger partial charge is 0.509 e. The van der Waals surface area contributed by atoms with Crippen LogP contribution in [0.5, 0.6) is 5.75 Å². The van der Waals surface area contributed by atoms with Gasteiger partial charge in [-0.15, -0.1) is 0 Å². The van der Waals surface area contributed by atoms with Crippen molar-refractivity contribution in [2.24, 2.45) is 0 Å². The molecule has 2 nitrogen and oxygen atoms in total. The van der Waals surface area contributed by atoms with Gasteiger partial charge in [0.25, 0.3) is 0 Å². The van der Waals surface area contributed by atoms with Crippen LogP contribution < -0.4 is 5.46 Å². The number of rotatable bonds is 3. The Morgan fingerprint density at radius 2 is 2.18 bits per heavy atom. The van der Waals surface area contributed by atoms with Crippen LogP contribution in [0.15, 0.2) is 24.3 Å². The second-order valence-corrected chi connectivity index (χ2v) is 2.22. The van der Waals surface area contributed by atoms with Gasteiger partial charge < -0.3 is 9.84 Å². The van der Waals surface area contributed by atoms with Crippen molar-refractivity contribution in [1.29, 1.82) is 0 Å².